The zero-order chi connectivity index (χ0) is 26.6. The maximum absolute atomic E-state index is 6.29. The Morgan fingerprint density at radius 1 is 0.744 bits per heavy atom. The number of aromatic nitrogens is 3. The Kier molecular flexibility index (Phi) is 7.37. The summed E-state index contributed by atoms with van der Waals surface area (Å²) >= 11 is 0. The van der Waals surface area contributed by atoms with Crippen molar-refractivity contribution >= 4 is 17.0 Å². The van der Waals surface area contributed by atoms with Crippen LogP contribution in [0.15, 0.2) is 89.3 Å². The molecule has 1 aliphatic heterocycles. The second-order valence-electron chi connectivity index (χ2n) is 10.6. The van der Waals surface area contributed by atoms with Crippen molar-refractivity contribution in [2.45, 2.75) is 45.1 Å². The molecule has 3 aromatic carbocycles. The normalized spacial score (nSPS) is 15.1. The van der Waals surface area contributed by atoms with Crippen molar-refractivity contribution in [2.24, 2.45) is 0 Å². The fourth-order valence-corrected chi connectivity index (χ4v) is 5.35. The minimum Gasteiger partial charge on any atom is -0.430 e. The quantitative estimate of drug-likeness (QED) is 0.227. The number of benzene rings is 3. The first-order valence-electron chi connectivity index (χ1n) is 14.0. The van der Waals surface area contributed by atoms with Crippen LogP contribution in [0.1, 0.15) is 56.2 Å². The van der Waals surface area contributed by atoms with Gasteiger partial charge in [-0.15, -0.1) is 0 Å². The predicted molar refractivity (Wildman–Crippen MR) is 158 cm³/mol. The molecule has 0 aliphatic carbocycles. The fourth-order valence-electron chi connectivity index (χ4n) is 5.35. The van der Waals surface area contributed by atoms with Gasteiger partial charge >= 0.3 is 0 Å². The van der Waals surface area contributed by atoms with Gasteiger partial charge in [0.25, 0.3) is 0 Å². The standard InChI is InChI=1S/C33H35N5O/c1-23(2)24-16-18-25(19-17-24)28(38-20-10-5-11-21-38)22-34-31-29-32(36-30(35-31)26-12-6-3-7-13-26)37-33(39-29)27-14-8-4-9-15-27/h3-4,6-9,12-19,23,28H,5,10-11,20-22H2,1-2H3,(H,34,35,36). The average Bonchev–Trinajstić information content (AvgIpc) is 3.44. The van der Waals surface area contributed by atoms with E-state index in [1.807, 2.05) is 60.7 Å². The van der Waals surface area contributed by atoms with Crippen LogP contribution >= 0.6 is 0 Å². The van der Waals surface area contributed by atoms with Crippen molar-refractivity contribution in [3.8, 4) is 22.8 Å². The molecular weight excluding hydrogens is 482 g/mol. The smallest absolute Gasteiger partial charge is 0.229 e. The van der Waals surface area contributed by atoms with Crippen LogP contribution in [0.3, 0.4) is 0 Å². The first-order chi connectivity index (χ1) is 19.2. The lowest BCUT2D eigenvalue weighted by Crippen LogP contribution is -2.37. The molecule has 3 heterocycles. The summed E-state index contributed by atoms with van der Waals surface area (Å²) in [6.45, 7) is 7.40. The first kappa shape index (κ1) is 25.3. The number of likely N-dealkylation sites (tertiary alicyclic amines) is 1. The van der Waals surface area contributed by atoms with Crippen molar-refractivity contribution in [1.82, 2.24) is 19.9 Å². The molecule has 6 heteroatoms. The lowest BCUT2D eigenvalue weighted by atomic mass is 9.97. The fraction of sp³-hybridized carbons (Fsp3) is 0.303. The lowest BCUT2D eigenvalue weighted by molar-refractivity contribution is 0.170. The molecule has 6 nitrogen and oxygen atoms in total. The van der Waals surface area contributed by atoms with Gasteiger partial charge in [-0.25, -0.2) is 9.97 Å². The zero-order valence-corrected chi connectivity index (χ0v) is 22.7. The van der Waals surface area contributed by atoms with Gasteiger partial charge in [0.15, 0.2) is 11.6 Å². The molecule has 1 unspecified atom stereocenters. The molecule has 0 amide bonds. The topological polar surface area (TPSA) is 67.1 Å². The number of nitrogens with zero attached hydrogens (tertiary/aromatic N) is 4. The molecule has 6 rings (SSSR count). The second-order valence-corrected chi connectivity index (χ2v) is 10.6. The van der Waals surface area contributed by atoms with Gasteiger partial charge in [-0.3, -0.25) is 4.90 Å². The van der Waals surface area contributed by atoms with E-state index in [9.17, 15) is 0 Å². The summed E-state index contributed by atoms with van der Waals surface area (Å²) in [4.78, 5) is 17.1. The zero-order valence-electron chi connectivity index (χ0n) is 22.7. The van der Waals surface area contributed by atoms with Crippen LogP contribution in [0.25, 0.3) is 34.1 Å². The number of hydrogen-bond donors (Lipinski definition) is 1. The summed E-state index contributed by atoms with van der Waals surface area (Å²) in [6, 6.07) is 29.4. The van der Waals surface area contributed by atoms with Gasteiger partial charge in [-0.2, -0.15) is 4.98 Å². The molecule has 198 valence electrons. The van der Waals surface area contributed by atoms with Crippen molar-refractivity contribution in [2.75, 3.05) is 25.0 Å². The van der Waals surface area contributed by atoms with E-state index in [4.69, 9.17) is 19.4 Å². The van der Waals surface area contributed by atoms with Crippen LogP contribution in [0.2, 0.25) is 0 Å². The first-order valence-corrected chi connectivity index (χ1v) is 14.0. The number of fused-ring (bicyclic) bond motifs is 1. The maximum atomic E-state index is 6.29. The third-order valence-corrected chi connectivity index (χ3v) is 7.59. The molecule has 39 heavy (non-hydrogen) atoms. The monoisotopic (exact) mass is 517 g/mol. The number of rotatable bonds is 8. The van der Waals surface area contributed by atoms with Crippen molar-refractivity contribution in [1.29, 1.82) is 0 Å². The third-order valence-electron chi connectivity index (χ3n) is 7.59. The molecule has 2 aromatic heterocycles. The van der Waals surface area contributed by atoms with Crippen LogP contribution < -0.4 is 5.32 Å². The summed E-state index contributed by atoms with van der Waals surface area (Å²) in [7, 11) is 0. The van der Waals surface area contributed by atoms with Crippen molar-refractivity contribution < 1.29 is 4.42 Å². The van der Waals surface area contributed by atoms with E-state index in [0.717, 1.165) is 24.2 Å². The highest BCUT2D eigenvalue weighted by molar-refractivity contribution is 5.85. The Bertz CT molecular complexity index is 1510. The number of hydrogen-bond acceptors (Lipinski definition) is 6. The summed E-state index contributed by atoms with van der Waals surface area (Å²) < 4.78 is 6.29. The lowest BCUT2D eigenvalue weighted by Gasteiger charge is -2.35. The number of anilines is 1. The van der Waals surface area contributed by atoms with E-state index in [1.165, 1.54) is 30.4 Å². The molecular formula is C33H35N5O. The Morgan fingerprint density at radius 3 is 2.05 bits per heavy atom. The Hall–Kier alpha value is -4.03. The van der Waals surface area contributed by atoms with E-state index in [2.05, 4.69) is 48.3 Å². The molecule has 5 aromatic rings. The molecule has 1 atom stereocenters. The minimum absolute atomic E-state index is 0.230. The average molecular weight is 518 g/mol. The van der Waals surface area contributed by atoms with E-state index in [0.29, 0.717) is 41.2 Å². The van der Waals surface area contributed by atoms with Gasteiger partial charge < -0.3 is 9.73 Å². The van der Waals surface area contributed by atoms with Crippen LogP contribution in [-0.2, 0) is 0 Å². The summed E-state index contributed by atoms with van der Waals surface area (Å²) in [5, 5.41) is 3.67. The second kappa shape index (κ2) is 11.4. The van der Waals surface area contributed by atoms with Gasteiger partial charge in [0.05, 0.1) is 6.04 Å². The van der Waals surface area contributed by atoms with Crippen molar-refractivity contribution in [3.63, 3.8) is 0 Å². The third kappa shape index (κ3) is 5.57. The summed E-state index contributed by atoms with van der Waals surface area (Å²) in [5.74, 6) is 2.37. The molecule has 0 bridgehead atoms. The highest BCUT2D eigenvalue weighted by Gasteiger charge is 2.24. The highest BCUT2D eigenvalue weighted by atomic mass is 16.3. The molecule has 1 saturated heterocycles. The van der Waals surface area contributed by atoms with Crippen molar-refractivity contribution in [3.05, 3.63) is 96.1 Å². The van der Waals surface area contributed by atoms with E-state index in [1.54, 1.807) is 0 Å². The van der Waals surface area contributed by atoms with Crippen LogP contribution in [0, 0.1) is 0 Å². The largest absolute Gasteiger partial charge is 0.430 e. The van der Waals surface area contributed by atoms with E-state index >= 15 is 0 Å². The highest BCUT2D eigenvalue weighted by Crippen LogP contribution is 2.32. The molecule has 0 radical (unpaired) electrons. The predicted octanol–water partition coefficient (Wildman–Crippen LogP) is 7.71. The molecule has 0 spiro atoms. The molecule has 1 aliphatic rings. The molecule has 0 saturated carbocycles. The van der Waals surface area contributed by atoms with Gasteiger partial charge in [0.1, 0.15) is 0 Å². The Labute approximate surface area is 230 Å². The van der Waals surface area contributed by atoms with Crippen LogP contribution in [0.5, 0.6) is 0 Å². The van der Waals surface area contributed by atoms with Gasteiger partial charge in [0, 0.05) is 17.7 Å². The van der Waals surface area contributed by atoms with Gasteiger partial charge in [-0.1, -0.05) is 93.1 Å². The van der Waals surface area contributed by atoms with Gasteiger partial charge in [0.2, 0.25) is 17.1 Å². The minimum atomic E-state index is 0.230. The van der Waals surface area contributed by atoms with Crippen LogP contribution in [-0.4, -0.2) is 39.5 Å². The number of piperidine rings is 1. The summed E-state index contributed by atoms with van der Waals surface area (Å²) in [5.41, 5.74) is 5.69. The van der Waals surface area contributed by atoms with Crippen LogP contribution in [0.4, 0.5) is 5.82 Å². The summed E-state index contributed by atoms with van der Waals surface area (Å²) in [6.07, 6.45) is 3.77. The molecule has 1 fully saturated rings. The number of oxazole rings is 1. The van der Waals surface area contributed by atoms with Gasteiger partial charge in [-0.05, 0) is 55.1 Å². The number of nitrogens with one attached hydrogen (secondary N) is 1. The van der Waals surface area contributed by atoms with E-state index < -0.39 is 0 Å². The maximum Gasteiger partial charge on any atom is 0.229 e. The Morgan fingerprint density at radius 2 is 1.38 bits per heavy atom. The SMILES string of the molecule is CC(C)c1ccc(C(CNc2nc(-c3ccccc3)nc3nc(-c4ccccc4)oc23)N2CCCCC2)cc1. The molecule has 1 N–H and O–H groups in total. The Balaban J connectivity index is 1.37. The van der Waals surface area contributed by atoms with E-state index in [-0.39, 0.29) is 6.04 Å².